The van der Waals surface area contributed by atoms with E-state index < -0.39 is 53.7 Å². The second-order valence-corrected chi connectivity index (χ2v) is 18.3. The number of hydrogen-bond donors (Lipinski definition) is 1. The molecular weight excluding hydrogens is 739 g/mol. The standard InChI is InChI=1S/C46H77N3O9/c1-16-30(6)35(25-31(7)32(8)41(51)39(28(2)3)47-43(52)40(29(4)5)48(13)45(54)58-46(10,11)12)37(55-14)26-38(50)49-24-20-23-36(49)42(56-15)33(9)44(53)57-27-34-21-18-17-19-22-34/h17-19,21-22,28-33,35-37,39-40,42H,16,20,23-27H2,1-15H3,(H,47,52). The van der Waals surface area contributed by atoms with Gasteiger partial charge >= 0.3 is 12.1 Å². The summed E-state index contributed by atoms with van der Waals surface area (Å²) in [7, 11) is 4.76. The van der Waals surface area contributed by atoms with Gasteiger partial charge in [-0.3, -0.25) is 24.1 Å². The predicted molar refractivity (Wildman–Crippen MR) is 227 cm³/mol. The van der Waals surface area contributed by atoms with Crippen LogP contribution in [-0.4, -0.2) is 103 Å². The molecule has 58 heavy (non-hydrogen) atoms. The molecular formula is C46H77N3O9. The monoisotopic (exact) mass is 816 g/mol. The number of nitrogens with one attached hydrogen (secondary N) is 1. The number of Topliss-reactive ketones (excluding diaryl/α,β-unsaturated/α-hetero) is 1. The lowest BCUT2D eigenvalue weighted by atomic mass is 9.74. The lowest BCUT2D eigenvalue weighted by Crippen LogP contribution is -2.56. The Morgan fingerprint density at radius 1 is 0.879 bits per heavy atom. The Kier molecular flexibility index (Phi) is 20.4. The Hall–Kier alpha value is -3.51. The molecule has 0 spiro atoms. The van der Waals surface area contributed by atoms with Crippen LogP contribution in [0.2, 0.25) is 0 Å². The molecule has 3 amide bonds. The quantitative estimate of drug-likeness (QED) is 0.117. The molecule has 2 rings (SSSR count). The number of hydrogen-bond acceptors (Lipinski definition) is 9. The van der Waals surface area contributed by atoms with Crippen LogP contribution >= 0.6 is 0 Å². The molecule has 12 nitrogen and oxygen atoms in total. The minimum absolute atomic E-state index is 0.0322. The third-order valence-electron chi connectivity index (χ3n) is 12.1. The van der Waals surface area contributed by atoms with Gasteiger partial charge in [-0.1, -0.05) is 92.1 Å². The van der Waals surface area contributed by atoms with Gasteiger partial charge in [-0.05, 0) is 82.1 Å². The van der Waals surface area contributed by atoms with E-state index in [0.717, 1.165) is 18.4 Å². The highest BCUT2D eigenvalue weighted by molar-refractivity contribution is 5.93. The number of nitrogens with zero attached hydrogens (tertiary/aromatic N) is 2. The second kappa shape index (κ2) is 23.3. The highest BCUT2D eigenvalue weighted by atomic mass is 16.6. The SMILES string of the molecule is CCC(C)C(CC(C)C(C)C(=O)C(NC(=O)C(C(C)C)N(C)C(=O)OC(C)(C)C)C(C)C)C(CC(=O)N1CCCC1C(OC)C(C)C(=O)OCc1ccccc1)OC. The molecule has 10 atom stereocenters. The molecule has 1 fully saturated rings. The Labute approximate surface area is 349 Å². The van der Waals surface area contributed by atoms with Crippen LogP contribution in [0.25, 0.3) is 0 Å². The van der Waals surface area contributed by atoms with Gasteiger partial charge in [-0.15, -0.1) is 0 Å². The number of amides is 3. The fourth-order valence-corrected chi connectivity index (χ4v) is 8.26. The molecule has 0 bridgehead atoms. The van der Waals surface area contributed by atoms with Crippen LogP contribution in [0.5, 0.6) is 0 Å². The molecule has 10 unspecified atom stereocenters. The maximum absolute atomic E-state index is 14.2. The first-order valence-electron chi connectivity index (χ1n) is 21.4. The van der Waals surface area contributed by atoms with Crippen molar-refractivity contribution in [2.24, 2.45) is 41.4 Å². The summed E-state index contributed by atoms with van der Waals surface area (Å²) in [6.45, 7) is 23.6. The first kappa shape index (κ1) is 50.6. The van der Waals surface area contributed by atoms with Gasteiger partial charge in [-0.25, -0.2) is 4.79 Å². The van der Waals surface area contributed by atoms with Crippen molar-refractivity contribution < 1.29 is 42.9 Å². The number of likely N-dealkylation sites (N-methyl/N-ethyl adjacent to an activating group) is 1. The summed E-state index contributed by atoms with van der Waals surface area (Å²) in [6, 6.07) is 7.64. The number of carbonyl (C=O) groups is 5. The second-order valence-electron chi connectivity index (χ2n) is 18.3. The number of ketones is 1. The molecule has 12 heteroatoms. The predicted octanol–water partition coefficient (Wildman–Crippen LogP) is 7.70. The van der Waals surface area contributed by atoms with E-state index in [2.05, 4.69) is 26.1 Å². The molecule has 1 saturated heterocycles. The van der Waals surface area contributed by atoms with Crippen LogP contribution in [0.4, 0.5) is 4.79 Å². The molecule has 1 heterocycles. The first-order valence-corrected chi connectivity index (χ1v) is 21.4. The molecule has 1 N–H and O–H groups in total. The fraction of sp³-hybridized carbons (Fsp3) is 0.761. The van der Waals surface area contributed by atoms with Gasteiger partial charge in [0.2, 0.25) is 11.8 Å². The average molecular weight is 816 g/mol. The van der Waals surface area contributed by atoms with Gasteiger partial charge in [0.1, 0.15) is 18.2 Å². The minimum atomic E-state index is -0.836. The van der Waals surface area contributed by atoms with Crippen molar-refractivity contribution in [1.82, 2.24) is 15.1 Å². The summed E-state index contributed by atoms with van der Waals surface area (Å²) in [5.74, 6) is -2.26. The Morgan fingerprint density at radius 3 is 2.02 bits per heavy atom. The Balaban J connectivity index is 2.20. The van der Waals surface area contributed by atoms with Gasteiger partial charge in [0.25, 0.3) is 0 Å². The van der Waals surface area contributed by atoms with Crippen molar-refractivity contribution in [3.63, 3.8) is 0 Å². The van der Waals surface area contributed by atoms with Crippen LogP contribution in [0.3, 0.4) is 0 Å². The molecule has 0 saturated carbocycles. The van der Waals surface area contributed by atoms with Gasteiger partial charge in [-0.2, -0.15) is 0 Å². The van der Waals surface area contributed by atoms with E-state index in [0.29, 0.717) is 19.4 Å². The number of benzene rings is 1. The summed E-state index contributed by atoms with van der Waals surface area (Å²) in [5, 5.41) is 3.01. The molecule has 1 aliphatic heterocycles. The Bertz CT molecular complexity index is 1460. The van der Waals surface area contributed by atoms with Crippen LogP contribution in [0.15, 0.2) is 30.3 Å². The van der Waals surface area contributed by atoms with E-state index in [4.69, 9.17) is 18.9 Å². The van der Waals surface area contributed by atoms with Crippen molar-refractivity contribution in [1.29, 1.82) is 0 Å². The summed E-state index contributed by atoms with van der Waals surface area (Å²) in [4.78, 5) is 71.5. The molecule has 0 aromatic heterocycles. The smallest absolute Gasteiger partial charge is 0.410 e. The van der Waals surface area contributed by atoms with Crippen molar-refractivity contribution in [3.8, 4) is 0 Å². The highest BCUT2D eigenvalue weighted by Gasteiger charge is 2.43. The highest BCUT2D eigenvalue weighted by Crippen LogP contribution is 2.35. The fourth-order valence-electron chi connectivity index (χ4n) is 8.26. The zero-order valence-corrected chi connectivity index (χ0v) is 38.3. The minimum Gasteiger partial charge on any atom is -0.461 e. The van der Waals surface area contributed by atoms with Crippen molar-refractivity contribution in [3.05, 3.63) is 35.9 Å². The van der Waals surface area contributed by atoms with Crippen molar-refractivity contribution in [2.45, 2.75) is 158 Å². The summed E-state index contributed by atoms with van der Waals surface area (Å²) in [6.07, 6.45) is 1.63. The number of carbonyl (C=O) groups excluding carboxylic acids is 5. The summed E-state index contributed by atoms with van der Waals surface area (Å²) >= 11 is 0. The van der Waals surface area contributed by atoms with Crippen LogP contribution in [-0.2, 0) is 44.7 Å². The topological polar surface area (TPSA) is 141 Å². The normalized spacial score (nSPS) is 19.3. The zero-order valence-electron chi connectivity index (χ0n) is 38.3. The van der Waals surface area contributed by atoms with E-state index in [1.807, 2.05) is 69.9 Å². The molecule has 1 aliphatic rings. The van der Waals surface area contributed by atoms with E-state index in [1.165, 1.54) is 4.90 Å². The number of rotatable bonds is 22. The largest absolute Gasteiger partial charge is 0.461 e. The van der Waals surface area contributed by atoms with E-state index in [9.17, 15) is 24.0 Å². The van der Waals surface area contributed by atoms with E-state index >= 15 is 0 Å². The van der Waals surface area contributed by atoms with Crippen LogP contribution < -0.4 is 5.32 Å². The molecule has 330 valence electrons. The molecule has 0 radical (unpaired) electrons. The van der Waals surface area contributed by atoms with Crippen LogP contribution in [0, 0.1) is 41.4 Å². The van der Waals surface area contributed by atoms with Gasteiger partial charge < -0.3 is 29.2 Å². The number of likely N-dealkylation sites (tertiary alicyclic amines) is 1. The van der Waals surface area contributed by atoms with Crippen LogP contribution in [0.1, 0.15) is 121 Å². The average Bonchev–Trinajstić information content (AvgIpc) is 3.65. The summed E-state index contributed by atoms with van der Waals surface area (Å²) < 4.78 is 23.2. The van der Waals surface area contributed by atoms with Gasteiger partial charge in [0, 0.05) is 33.7 Å². The van der Waals surface area contributed by atoms with E-state index in [-0.39, 0.29) is 66.3 Å². The zero-order chi connectivity index (χ0) is 44.1. The van der Waals surface area contributed by atoms with E-state index in [1.54, 1.807) is 49.0 Å². The third-order valence-corrected chi connectivity index (χ3v) is 12.1. The third kappa shape index (κ3) is 14.3. The molecule has 1 aromatic carbocycles. The van der Waals surface area contributed by atoms with Gasteiger partial charge in [0.15, 0.2) is 5.78 Å². The first-order chi connectivity index (χ1) is 27.1. The Morgan fingerprint density at radius 2 is 1.50 bits per heavy atom. The number of ether oxygens (including phenoxy) is 4. The molecule has 1 aromatic rings. The lowest BCUT2D eigenvalue weighted by Gasteiger charge is -2.37. The number of methoxy groups -OCH3 is 2. The molecule has 0 aliphatic carbocycles. The van der Waals surface area contributed by atoms with Gasteiger partial charge in [0.05, 0.1) is 36.6 Å². The maximum atomic E-state index is 14.2. The maximum Gasteiger partial charge on any atom is 0.410 e. The van der Waals surface area contributed by atoms with Crippen molar-refractivity contribution >= 4 is 29.7 Å². The van der Waals surface area contributed by atoms with Crippen molar-refractivity contribution in [2.75, 3.05) is 27.8 Å². The number of esters is 1. The summed E-state index contributed by atoms with van der Waals surface area (Å²) in [5.41, 5.74) is 0.173. The lowest BCUT2D eigenvalue weighted by molar-refractivity contribution is -0.158.